The van der Waals surface area contributed by atoms with Crippen LogP contribution in [0.4, 0.5) is 0 Å². The Morgan fingerprint density at radius 1 is 1.12 bits per heavy atom. The van der Waals surface area contributed by atoms with Gasteiger partial charge in [0, 0.05) is 14.3 Å². The zero-order chi connectivity index (χ0) is 12.3. The third kappa shape index (κ3) is 3.04. The van der Waals surface area contributed by atoms with Crippen molar-refractivity contribution in [1.29, 1.82) is 5.26 Å². The first-order valence-electron chi connectivity index (χ1n) is 4.83. The second-order valence-corrected chi connectivity index (χ2v) is 5.63. The van der Waals surface area contributed by atoms with E-state index in [1.807, 2.05) is 30.3 Å². The molecule has 84 valence electrons. The molecule has 4 heteroatoms. The molecule has 17 heavy (non-hydrogen) atoms. The first-order valence-corrected chi connectivity index (χ1v) is 6.81. The molecule has 0 aliphatic heterocycles. The lowest BCUT2D eigenvalue weighted by atomic mass is 10.2. The molecule has 2 rings (SSSR count). The lowest BCUT2D eigenvalue weighted by Crippen LogP contribution is -1.80. The molecule has 0 spiro atoms. The molecular weight excluding hydrogens is 318 g/mol. The van der Waals surface area contributed by atoms with Gasteiger partial charge in [-0.3, -0.25) is 0 Å². The van der Waals surface area contributed by atoms with E-state index in [1.165, 1.54) is 0 Å². The summed E-state index contributed by atoms with van der Waals surface area (Å²) in [6.45, 7) is 0. The van der Waals surface area contributed by atoms with E-state index in [-0.39, 0.29) is 0 Å². The summed E-state index contributed by atoms with van der Waals surface area (Å²) in [5.41, 5.74) is 0.639. The third-order valence-corrected chi connectivity index (χ3v) is 4.63. The van der Waals surface area contributed by atoms with Crippen molar-refractivity contribution in [2.24, 2.45) is 0 Å². The van der Waals surface area contributed by atoms with Gasteiger partial charge in [0.2, 0.25) is 0 Å². The van der Waals surface area contributed by atoms with Crippen molar-refractivity contribution in [2.45, 2.75) is 9.79 Å². The van der Waals surface area contributed by atoms with Gasteiger partial charge in [0.05, 0.1) is 16.7 Å². The van der Waals surface area contributed by atoms with Gasteiger partial charge < -0.3 is 0 Å². The van der Waals surface area contributed by atoms with E-state index < -0.39 is 0 Å². The van der Waals surface area contributed by atoms with E-state index in [4.69, 9.17) is 16.9 Å². The first-order chi connectivity index (χ1) is 8.20. The number of benzene rings is 2. The molecule has 2 aromatic rings. The molecule has 0 aromatic heterocycles. The highest BCUT2D eigenvalue weighted by molar-refractivity contribution is 9.10. The van der Waals surface area contributed by atoms with E-state index >= 15 is 0 Å². The Morgan fingerprint density at radius 3 is 2.53 bits per heavy atom. The predicted octanol–water partition coefficient (Wildman–Crippen LogP) is 5.13. The zero-order valence-electron chi connectivity index (χ0n) is 8.65. The Kier molecular flexibility index (Phi) is 4.11. The van der Waals surface area contributed by atoms with Crippen LogP contribution in [0.3, 0.4) is 0 Å². The third-order valence-electron chi connectivity index (χ3n) is 2.12. The molecule has 0 aliphatic carbocycles. The van der Waals surface area contributed by atoms with Crippen molar-refractivity contribution in [3.63, 3.8) is 0 Å². The van der Waals surface area contributed by atoms with E-state index in [1.54, 1.807) is 23.9 Å². The molecule has 0 unspecified atom stereocenters. The molecule has 0 amide bonds. The van der Waals surface area contributed by atoms with E-state index in [9.17, 15) is 0 Å². The smallest absolute Gasteiger partial charge is 0.0992 e. The minimum Gasteiger partial charge on any atom is -0.192 e. The van der Waals surface area contributed by atoms with Crippen LogP contribution in [-0.2, 0) is 0 Å². The molecule has 0 atom stereocenters. The number of nitriles is 1. The van der Waals surface area contributed by atoms with Crippen molar-refractivity contribution in [2.75, 3.05) is 0 Å². The number of hydrogen-bond donors (Lipinski definition) is 0. The highest BCUT2D eigenvalue weighted by atomic mass is 79.9. The second-order valence-electron chi connectivity index (χ2n) is 3.29. The fraction of sp³-hybridized carbons (Fsp3) is 0. The van der Waals surface area contributed by atoms with Gasteiger partial charge in [0.15, 0.2) is 0 Å². The molecule has 0 heterocycles. The minimum atomic E-state index is 0.639. The van der Waals surface area contributed by atoms with Gasteiger partial charge in [0.25, 0.3) is 0 Å². The summed E-state index contributed by atoms with van der Waals surface area (Å²) in [6, 6.07) is 15.3. The fourth-order valence-electron chi connectivity index (χ4n) is 1.30. The first kappa shape index (κ1) is 12.5. The molecular formula is C13H7BrClNS. The lowest BCUT2D eigenvalue weighted by Gasteiger charge is -2.06. The summed E-state index contributed by atoms with van der Waals surface area (Å²) in [5, 5.41) is 9.52. The molecule has 2 aromatic carbocycles. The van der Waals surface area contributed by atoms with Crippen LogP contribution >= 0.6 is 39.3 Å². The average molecular weight is 325 g/mol. The standard InChI is InChI=1S/C13H7BrClNS/c14-10-7-9(8-16)5-6-12(10)17-13-4-2-1-3-11(13)15/h1-7H. The van der Waals surface area contributed by atoms with Crippen LogP contribution < -0.4 is 0 Å². The highest BCUT2D eigenvalue weighted by Gasteiger charge is 2.06. The van der Waals surface area contributed by atoms with Gasteiger partial charge in [0.1, 0.15) is 0 Å². The Balaban J connectivity index is 2.32. The van der Waals surface area contributed by atoms with Gasteiger partial charge in [-0.05, 0) is 46.3 Å². The Bertz CT molecular complexity index is 592. The molecule has 0 saturated heterocycles. The fourth-order valence-corrected chi connectivity index (χ4v) is 3.01. The van der Waals surface area contributed by atoms with Crippen LogP contribution in [0.15, 0.2) is 56.7 Å². The van der Waals surface area contributed by atoms with Crippen LogP contribution in [0, 0.1) is 11.3 Å². The van der Waals surface area contributed by atoms with Crippen molar-refractivity contribution in [3.8, 4) is 6.07 Å². The van der Waals surface area contributed by atoms with Gasteiger partial charge in [-0.15, -0.1) is 0 Å². The normalized spacial score (nSPS) is 9.94. The topological polar surface area (TPSA) is 23.8 Å². The highest BCUT2D eigenvalue weighted by Crippen LogP contribution is 2.37. The van der Waals surface area contributed by atoms with Crippen molar-refractivity contribution in [3.05, 3.63) is 57.5 Å². The molecule has 0 fully saturated rings. The van der Waals surface area contributed by atoms with Crippen molar-refractivity contribution >= 4 is 39.3 Å². The number of nitrogens with zero attached hydrogens (tertiary/aromatic N) is 1. The van der Waals surface area contributed by atoms with Crippen LogP contribution in [0.25, 0.3) is 0 Å². The summed E-state index contributed by atoms with van der Waals surface area (Å²) < 4.78 is 0.904. The molecule has 0 bridgehead atoms. The summed E-state index contributed by atoms with van der Waals surface area (Å²) >= 11 is 11.1. The Hall–Kier alpha value is -0.950. The summed E-state index contributed by atoms with van der Waals surface area (Å²) in [7, 11) is 0. The molecule has 0 aliphatic rings. The van der Waals surface area contributed by atoms with Gasteiger partial charge in [-0.1, -0.05) is 35.5 Å². The second kappa shape index (κ2) is 5.59. The van der Waals surface area contributed by atoms with Crippen LogP contribution in [-0.4, -0.2) is 0 Å². The van der Waals surface area contributed by atoms with Gasteiger partial charge in [-0.25, -0.2) is 0 Å². The summed E-state index contributed by atoms with van der Waals surface area (Å²) in [5.74, 6) is 0. The Morgan fingerprint density at radius 2 is 1.88 bits per heavy atom. The number of hydrogen-bond acceptors (Lipinski definition) is 2. The summed E-state index contributed by atoms with van der Waals surface area (Å²) in [6.07, 6.45) is 0. The molecule has 0 N–H and O–H groups in total. The predicted molar refractivity (Wildman–Crippen MR) is 74.4 cm³/mol. The maximum absolute atomic E-state index is 8.79. The molecule has 0 saturated carbocycles. The van der Waals surface area contributed by atoms with Crippen molar-refractivity contribution < 1.29 is 0 Å². The largest absolute Gasteiger partial charge is 0.192 e. The summed E-state index contributed by atoms with van der Waals surface area (Å²) in [4.78, 5) is 2.04. The maximum atomic E-state index is 8.79. The maximum Gasteiger partial charge on any atom is 0.0992 e. The Labute approximate surface area is 118 Å². The zero-order valence-corrected chi connectivity index (χ0v) is 11.8. The van der Waals surface area contributed by atoms with Gasteiger partial charge >= 0.3 is 0 Å². The van der Waals surface area contributed by atoms with Crippen LogP contribution in [0.5, 0.6) is 0 Å². The number of halogens is 2. The SMILES string of the molecule is N#Cc1ccc(Sc2ccccc2Cl)c(Br)c1. The van der Waals surface area contributed by atoms with E-state index in [0.717, 1.165) is 19.3 Å². The van der Waals surface area contributed by atoms with Crippen LogP contribution in [0.1, 0.15) is 5.56 Å². The monoisotopic (exact) mass is 323 g/mol. The molecule has 1 nitrogen and oxygen atoms in total. The van der Waals surface area contributed by atoms with Crippen molar-refractivity contribution in [1.82, 2.24) is 0 Å². The van der Waals surface area contributed by atoms with E-state index in [0.29, 0.717) is 5.56 Å². The lowest BCUT2D eigenvalue weighted by molar-refractivity contribution is 1.35. The van der Waals surface area contributed by atoms with Crippen LogP contribution in [0.2, 0.25) is 5.02 Å². The minimum absolute atomic E-state index is 0.639. The average Bonchev–Trinajstić information content (AvgIpc) is 2.34. The quantitative estimate of drug-likeness (QED) is 0.765. The van der Waals surface area contributed by atoms with E-state index in [2.05, 4.69) is 22.0 Å². The van der Waals surface area contributed by atoms with Gasteiger partial charge in [-0.2, -0.15) is 5.26 Å². The molecule has 0 radical (unpaired) electrons. The number of rotatable bonds is 2.